The third-order valence-electron chi connectivity index (χ3n) is 5.81. The lowest BCUT2D eigenvalue weighted by Gasteiger charge is -2.36. The minimum absolute atomic E-state index is 0.159. The summed E-state index contributed by atoms with van der Waals surface area (Å²) in [6.07, 6.45) is 5.26. The average molecular weight is 421 g/mol. The van der Waals surface area contributed by atoms with Gasteiger partial charge >= 0.3 is 0 Å². The van der Waals surface area contributed by atoms with Gasteiger partial charge in [0.25, 0.3) is 0 Å². The lowest BCUT2D eigenvalue weighted by Crippen LogP contribution is -2.46. The molecule has 0 unspecified atom stereocenters. The van der Waals surface area contributed by atoms with Crippen LogP contribution in [0, 0.1) is 0 Å². The fourth-order valence-corrected chi connectivity index (χ4v) is 4.76. The summed E-state index contributed by atoms with van der Waals surface area (Å²) in [4.78, 5) is 26.3. The quantitative estimate of drug-likeness (QED) is 0.581. The largest absolute Gasteiger partial charge is 0.342 e. The van der Waals surface area contributed by atoms with Gasteiger partial charge in [-0.3, -0.25) is 9.78 Å². The van der Waals surface area contributed by atoms with Crippen molar-refractivity contribution in [3.8, 4) is 10.6 Å². The fourth-order valence-electron chi connectivity index (χ4n) is 3.93. The van der Waals surface area contributed by atoms with Crippen molar-refractivity contribution in [1.82, 2.24) is 19.8 Å². The molecule has 5 nitrogen and oxygen atoms in total. The first kappa shape index (κ1) is 20.7. The van der Waals surface area contributed by atoms with Gasteiger partial charge in [0.15, 0.2) is 0 Å². The summed E-state index contributed by atoms with van der Waals surface area (Å²) in [6, 6.07) is 16.5. The second kappa shape index (κ2) is 9.96. The number of hydrogen-bond acceptors (Lipinski definition) is 5. The Balaban J connectivity index is 1.24. The molecule has 156 valence electrons. The fraction of sp³-hybridized carbons (Fsp3) is 0.375. The van der Waals surface area contributed by atoms with E-state index in [1.165, 1.54) is 0 Å². The molecule has 0 aliphatic carbocycles. The smallest absolute Gasteiger partial charge is 0.228 e. The number of thiazole rings is 1. The molecule has 30 heavy (non-hydrogen) atoms. The zero-order chi connectivity index (χ0) is 20.8. The van der Waals surface area contributed by atoms with E-state index in [-0.39, 0.29) is 5.91 Å². The zero-order valence-corrected chi connectivity index (χ0v) is 18.2. The van der Waals surface area contributed by atoms with Gasteiger partial charge in [-0.05, 0) is 25.0 Å². The van der Waals surface area contributed by atoms with Gasteiger partial charge in [0.05, 0.1) is 12.1 Å². The maximum absolute atomic E-state index is 12.8. The van der Waals surface area contributed by atoms with Gasteiger partial charge in [0, 0.05) is 62.0 Å². The van der Waals surface area contributed by atoms with Crippen LogP contribution in [0.15, 0.2) is 60.1 Å². The third kappa shape index (κ3) is 5.32. The van der Waals surface area contributed by atoms with Crippen molar-refractivity contribution >= 4 is 17.2 Å². The van der Waals surface area contributed by atoms with Crippen molar-refractivity contribution in [1.29, 1.82) is 0 Å². The molecule has 6 heteroatoms. The number of aromatic nitrogens is 2. The number of nitrogens with zero attached hydrogens (tertiary/aromatic N) is 4. The van der Waals surface area contributed by atoms with E-state index in [1.807, 2.05) is 53.9 Å². The normalized spacial score (nSPS) is 15.2. The zero-order valence-electron chi connectivity index (χ0n) is 17.4. The summed E-state index contributed by atoms with van der Waals surface area (Å²) in [6.45, 7) is 3.09. The Labute approximate surface area is 182 Å². The predicted octanol–water partition coefficient (Wildman–Crippen LogP) is 3.91. The van der Waals surface area contributed by atoms with Gasteiger partial charge in [-0.25, -0.2) is 4.98 Å². The number of pyridine rings is 1. The molecule has 0 saturated carbocycles. The van der Waals surface area contributed by atoms with Crippen molar-refractivity contribution < 1.29 is 4.79 Å². The molecular formula is C24H28N4OS. The molecule has 1 amide bonds. The summed E-state index contributed by atoms with van der Waals surface area (Å²) >= 11 is 1.60. The molecular weight excluding hydrogens is 392 g/mol. The minimum atomic E-state index is 0.159. The monoisotopic (exact) mass is 420 g/mol. The number of piperidine rings is 1. The lowest BCUT2D eigenvalue weighted by atomic mass is 10.0. The van der Waals surface area contributed by atoms with E-state index >= 15 is 0 Å². The van der Waals surface area contributed by atoms with Crippen LogP contribution < -0.4 is 0 Å². The molecule has 3 heterocycles. The van der Waals surface area contributed by atoms with Gasteiger partial charge in [-0.15, -0.1) is 11.3 Å². The molecule has 0 atom stereocenters. The Morgan fingerprint density at radius 2 is 1.87 bits per heavy atom. The van der Waals surface area contributed by atoms with Crippen LogP contribution in [0.2, 0.25) is 0 Å². The van der Waals surface area contributed by atoms with Gasteiger partial charge in [-0.1, -0.05) is 36.4 Å². The standard InChI is InChI=1S/C24H28N4OS/c1-27(22-11-15-28(16-12-22)14-10-20-9-5-6-13-25-20)23(29)17-21-18-30-24(26-21)19-7-3-2-4-8-19/h2-9,13,18,22H,10-12,14-17H2,1H3. The summed E-state index contributed by atoms with van der Waals surface area (Å²) in [5.41, 5.74) is 3.11. The Morgan fingerprint density at radius 1 is 1.10 bits per heavy atom. The molecule has 1 aromatic carbocycles. The Morgan fingerprint density at radius 3 is 2.60 bits per heavy atom. The highest BCUT2D eigenvalue weighted by Crippen LogP contribution is 2.24. The van der Waals surface area contributed by atoms with Gasteiger partial charge in [0.1, 0.15) is 5.01 Å². The van der Waals surface area contributed by atoms with Crippen LogP contribution in [-0.4, -0.2) is 58.4 Å². The first-order valence-corrected chi connectivity index (χ1v) is 11.4. The number of hydrogen-bond donors (Lipinski definition) is 0. The number of rotatable bonds is 7. The summed E-state index contributed by atoms with van der Waals surface area (Å²) in [5.74, 6) is 0.159. The number of carbonyl (C=O) groups is 1. The van der Waals surface area contributed by atoms with Crippen LogP contribution in [0.4, 0.5) is 0 Å². The van der Waals surface area contributed by atoms with E-state index in [9.17, 15) is 4.79 Å². The summed E-state index contributed by atoms with van der Waals surface area (Å²) in [7, 11) is 1.95. The number of benzene rings is 1. The highest BCUT2D eigenvalue weighted by atomic mass is 32.1. The van der Waals surface area contributed by atoms with Gasteiger partial charge in [0.2, 0.25) is 5.91 Å². The van der Waals surface area contributed by atoms with E-state index in [2.05, 4.69) is 33.1 Å². The SMILES string of the molecule is CN(C(=O)Cc1csc(-c2ccccc2)n1)C1CCN(CCc2ccccn2)CC1. The van der Waals surface area contributed by atoms with Crippen LogP contribution in [0.5, 0.6) is 0 Å². The molecule has 0 spiro atoms. The van der Waals surface area contributed by atoms with Crippen molar-refractivity contribution in [2.75, 3.05) is 26.7 Å². The lowest BCUT2D eigenvalue weighted by molar-refractivity contribution is -0.132. The molecule has 1 aliphatic heterocycles. The van der Waals surface area contributed by atoms with E-state index < -0.39 is 0 Å². The Kier molecular flexibility index (Phi) is 6.87. The summed E-state index contributed by atoms with van der Waals surface area (Å²) < 4.78 is 0. The molecule has 0 bridgehead atoms. The van der Waals surface area contributed by atoms with E-state index in [0.717, 1.165) is 60.9 Å². The molecule has 3 aromatic rings. The minimum Gasteiger partial charge on any atom is -0.342 e. The first-order valence-electron chi connectivity index (χ1n) is 10.6. The third-order valence-corrected chi connectivity index (χ3v) is 6.75. The Hall–Kier alpha value is -2.57. The molecule has 1 saturated heterocycles. The highest BCUT2D eigenvalue weighted by molar-refractivity contribution is 7.13. The summed E-state index contributed by atoms with van der Waals surface area (Å²) in [5, 5.41) is 2.98. The van der Waals surface area contributed by atoms with Gasteiger partial charge in [-0.2, -0.15) is 0 Å². The average Bonchev–Trinajstić information content (AvgIpc) is 3.27. The van der Waals surface area contributed by atoms with Crippen LogP contribution in [0.25, 0.3) is 10.6 Å². The van der Waals surface area contributed by atoms with Crippen molar-refractivity contribution in [2.24, 2.45) is 0 Å². The van der Waals surface area contributed by atoms with Crippen molar-refractivity contribution in [3.63, 3.8) is 0 Å². The van der Waals surface area contributed by atoms with E-state index in [0.29, 0.717) is 12.5 Å². The highest BCUT2D eigenvalue weighted by Gasteiger charge is 2.25. The predicted molar refractivity (Wildman–Crippen MR) is 121 cm³/mol. The van der Waals surface area contributed by atoms with Crippen molar-refractivity contribution in [3.05, 3.63) is 71.5 Å². The van der Waals surface area contributed by atoms with E-state index in [1.54, 1.807) is 11.3 Å². The van der Waals surface area contributed by atoms with Crippen LogP contribution >= 0.6 is 11.3 Å². The number of likely N-dealkylation sites (N-methyl/N-ethyl adjacent to an activating group) is 1. The number of carbonyl (C=O) groups excluding carboxylic acids is 1. The second-order valence-electron chi connectivity index (χ2n) is 7.84. The van der Waals surface area contributed by atoms with Crippen LogP contribution in [-0.2, 0) is 17.6 Å². The molecule has 4 rings (SSSR count). The van der Waals surface area contributed by atoms with Crippen molar-refractivity contribution in [2.45, 2.75) is 31.7 Å². The molecule has 1 fully saturated rings. The van der Waals surface area contributed by atoms with Gasteiger partial charge < -0.3 is 9.80 Å². The number of likely N-dealkylation sites (tertiary alicyclic amines) is 1. The molecule has 0 radical (unpaired) electrons. The first-order chi connectivity index (χ1) is 14.7. The molecule has 0 N–H and O–H groups in total. The maximum atomic E-state index is 12.8. The maximum Gasteiger partial charge on any atom is 0.228 e. The molecule has 2 aromatic heterocycles. The van der Waals surface area contributed by atoms with E-state index in [4.69, 9.17) is 0 Å². The van der Waals surface area contributed by atoms with Crippen LogP contribution in [0.3, 0.4) is 0 Å². The topological polar surface area (TPSA) is 49.3 Å². The molecule has 1 aliphatic rings. The second-order valence-corrected chi connectivity index (χ2v) is 8.69. The van der Waals surface area contributed by atoms with Crippen LogP contribution in [0.1, 0.15) is 24.2 Å². The number of amides is 1. The Bertz CT molecular complexity index is 936.